The molecular weight excluding hydrogens is 427 g/mol. The maximum atomic E-state index is 13.2. The Morgan fingerprint density at radius 1 is 0.970 bits per heavy atom. The molecule has 0 saturated heterocycles. The lowest BCUT2D eigenvalue weighted by molar-refractivity contribution is -0.119. The zero-order valence-electron chi connectivity index (χ0n) is 18.2. The van der Waals surface area contributed by atoms with E-state index in [4.69, 9.17) is 4.74 Å². The third kappa shape index (κ3) is 4.95. The second-order valence-electron chi connectivity index (χ2n) is 7.43. The van der Waals surface area contributed by atoms with Crippen LogP contribution in [0.1, 0.15) is 27.4 Å². The Hall–Kier alpha value is -4.34. The zero-order chi connectivity index (χ0) is 23.5. The molecule has 0 atom stereocenters. The van der Waals surface area contributed by atoms with Gasteiger partial charge in [-0.15, -0.1) is 0 Å². The third-order valence-electron chi connectivity index (χ3n) is 4.71. The van der Waals surface area contributed by atoms with Gasteiger partial charge in [-0.25, -0.2) is 23.5 Å². The first-order valence-electron chi connectivity index (χ1n) is 10.1. The molecule has 0 spiro atoms. The van der Waals surface area contributed by atoms with Crippen molar-refractivity contribution in [3.63, 3.8) is 0 Å². The molecular formula is C23H21FN6O3. The summed E-state index contributed by atoms with van der Waals surface area (Å²) >= 11 is 0. The van der Waals surface area contributed by atoms with Crippen molar-refractivity contribution >= 4 is 17.7 Å². The maximum Gasteiger partial charge on any atom is 0.340 e. The summed E-state index contributed by atoms with van der Waals surface area (Å²) in [6.07, 6.45) is 1.37. The molecule has 0 unspecified atom stereocenters. The van der Waals surface area contributed by atoms with E-state index >= 15 is 0 Å². The fourth-order valence-electron chi connectivity index (χ4n) is 3.25. The Labute approximate surface area is 188 Å². The number of aryl methyl sites for hydroxylation is 3. The molecule has 168 valence electrons. The molecule has 0 fully saturated rings. The van der Waals surface area contributed by atoms with Crippen LogP contribution < -0.4 is 5.32 Å². The number of carbonyl (C=O) groups excluding carboxylic acids is 2. The molecule has 1 N–H and O–H groups in total. The number of rotatable bonds is 6. The maximum absolute atomic E-state index is 13.2. The van der Waals surface area contributed by atoms with Crippen molar-refractivity contribution in [1.29, 1.82) is 0 Å². The zero-order valence-corrected chi connectivity index (χ0v) is 18.2. The van der Waals surface area contributed by atoms with Gasteiger partial charge in [-0.2, -0.15) is 10.2 Å². The average molecular weight is 448 g/mol. The number of ether oxygens (including phenoxy) is 1. The smallest absolute Gasteiger partial charge is 0.340 e. The molecule has 4 rings (SSSR count). The number of benzene rings is 1. The predicted molar refractivity (Wildman–Crippen MR) is 118 cm³/mol. The topological polar surface area (TPSA) is 104 Å². The van der Waals surface area contributed by atoms with Crippen LogP contribution in [0.5, 0.6) is 0 Å². The molecule has 0 saturated carbocycles. The number of nitrogens with zero attached hydrogens (tertiary/aromatic N) is 5. The molecule has 4 aromatic rings. The lowest BCUT2D eigenvalue weighted by Crippen LogP contribution is -2.22. The van der Waals surface area contributed by atoms with Gasteiger partial charge < -0.3 is 10.1 Å². The third-order valence-corrected chi connectivity index (χ3v) is 4.71. The summed E-state index contributed by atoms with van der Waals surface area (Å²) < 4.78 is 21.5. The Kier molecular flexibility index (Phi) is 5.99. The first-order valence-corrected chi connectivity index (χ1v) is 10.1. The SMILES string of the molecule is Cc1cc(C)n(-c2ccc(C(=O)OCC(=O)Nc3cc(C)nn3-c3ccc(F)cc3)cn2)n1. The van der Waals surface area contributed by atoms with E-state index in [1.807, 2.05) is 19.9 Å². The molecule has 0 bridgehead atoms. The Bertz CT molecular complexity index is 1310. The minimum absolute atomic E-state index is 0.209. The van der Waals surface area contributed by atoms with Gasteiger partial charge in [0.1, 0.15) is 11.6 Å². The van der Waals surface area contributed by atoms with Crippen LogP contribution in [0.25, 0.3) is 11.5 Å². The van der Waals surface area contributed by atoms with Crippen LogP contribution in [0.15, 0.2) is 54.7 Å². The van der Waals surface area contributed by atoms with Crippen molar-refractivity contribution in [2.45, 2.75) is 20.8 Å². The van der Waals surface area contributed by atoms with Gasteiger partial charge in [-0.1, -0.05) is 0 Å². The first-order chi connectivity index (χ1) is 15.8. The van der Waals surface area contributed by atoms with E-state index in [1.165, 1.54) is 23.0 Å². The number of esters is 1. The molecule has 9 nitrogen and oxygen atoms in total. The number of nitrogens with one attached hydrogen (secondary N) is 1. The van der Waals surface area contributed by atoms with Gasteiger partial charge in [0, 0.05) is 18.0 Å². The Morgan fingerprint density at radius 2 is 1.67 bits per heavy atom. The van der Waals surface area contributed by atoms with Crippen molar-refractivity contribution in [2.75, 3.05) is 11.9 Å². The minimum Gasteiger partial charge on any atom is -0.452 e. The van der Waals surface area contributed by atoms with Gasteiger partial charge in [0.15, 0.2) is 12.4 Å². The van der Waals surface area contributed by atoms with Crippen molar-refractivity contribution in [1.82, 2.24) is 24.5 Å². The number of hydrogen-bond acceptors (Lipinski definition) is 6. The number of anilines is 1. The van der Waals surface area contributed by atoms with Gasteiger partial charge in [0.25, 0.3) is 5.91 Å². The number of aromatic nitrogens is 5. The minimum atomic E-state index is -0.680. The van der Waals surface area contributed by atoms with E-state index in [0.29, 0.717) is 23.0 Å². The molecule has 1 aromatic carbocycles. The number of hydrogen-bond donors (Lipinski definition) is 1. The lowest BCUT2D eigenvalue weighted by atomic mass is 10.3. The lowest BCUT2D eigenvalue weighted by Gasteiger charge is -2.09. The van der Waals surface area contributed by atoms with Crippen LogP contribution in [0.2, 0.25) is 0 Å². The summed E-state index contributed by atoms with van der Waals surface area (Å²) in [5.41, 5.74) is 3.22. The van der Waals surface area contributed by atoms with Crippen molar-refractivity contribution in [2.24, 2.45) is 0 Å². The van der Waals surface area contributed by atoms with Crippen molar-refractivity contribution < 1.29 is 18.7 Å². The van der Waals surface area contributed by atoms with E-state index in [0.717, 1.165) is 11.4 Å². The first kappa shape index (κ1) is 21.9. The Morgan fingerprint density at radius 3 is 2.30 bits per heavy atom. The van der Waals surface area contributed by atoms with E-state index in [-0.39, 0.29) is 11.4 Å². The number of pyridine rings is 1. The van der Waals surface area contributed by atoms with E-state index in [2.05, 4.69) is 20.5 Å². The van der Waals surface area contributed by atoms with Gasteiger partial charge in [-0.3, -0.25) is 4.79 Å². The molecule has 10 heteroatoms. The largest absolute Gasteiger partial charge is 0.452 e. The number of halogens is 1. The molecule has 1 amide bonds. The highest BCUT2D eigenvalue weighted by molar-refractivity contribution is 5.95. The van der Waals surface area contributed by atoms with Crippen LogP contribution in [-0.2, 0) is 9.53 Å². The second kappa shape index (κ2) is 9.03. The molecule has 0 aliphatic carbocycles. The van der Waals surface area contributed by atoms with Crippen molar-refractivity contribution in [3.05, 3.63) is 83.2 Å². The fraction of sp³-hybridized carbons (Fsp3) is 0.174. The summed E-state index contributed by atoms with van der Waals surface area (Å²) in [4.78, 5) is 28.9. The highest BCUT2D eigenvalue weighted by Crippen LogP contribution is 2.18. The summed E-state index contributed by atoms with van der Waals surface area (Å²) in [7, 11) is 0. The molecule has 0 aliphatic rings. The highest BCUT2D eigenvalue weighted by Gasteiger charge is 2.15. The molecule has 0 radical (unpaired) electrons. The molecule has 33 heavy (non-hydrogen) atoms. The summed E-state index contributed by atoms with van der Waals surface area (Å²) in [5.74, 6) is -0.660. The number of carbonyl (C=O) groups is 2. The second-order valence-corrected chi connectivity index (χ2v) is 7.43. The molecule has 0 aliphatic heterocycles. The summed E-state index contributed by atoms with van der Waals surface area (Å²) in [6.45, 7) is 5.06. The van der Waals surface area contributed by atoms with E-state index < -0.39 is 18.5 Å². The number of amides is 1. The predicted octanol–water partition coefficient (Wildman–Crippen LogP) is 3.31. The molecule has 3 heterocycles. The summed E-state index contributed by atoms with van der Waals surface area (Å²) in [5, 5.41) is 11.3. The van der Waals surface area contributed by atoms with Crippen LogP contribution in [0, 0.1) is 26.6 Å². The van der Waals surface area contributed by atoms with Crippen LogP contribution >= 0.6 is 0 Å². The van der Waals surface area contributed by atoms with E-state index in [1.54, 1.807) is 41.9 Å². The summed E-state index contributed by atoms with van der Waals surface area (Å²) in [6, 6.07) is 12.5. The average Bonchev–Trinajstić information content (AvgIpc) is 3.33. The van der Waals surface area contributed by atoms with Crippen LogP contribution in [0.4, 0.5) is 10.2 Å². The molecule has 3 aromatic heterocycles. The van der Waals surface area contributed by atoms with Crippen molar-refractivity contribution in [3.8, 4) is 11.5 Å². The normalized spacial score (nSPS) is 10.8. The monoisotopic (exact) mass is 448 g/mol. The van der Waals surface area contributed by atoms with E-state index in [9.17, 15) is 14.0 Å². The van der Waals surface area contributed by atoms with Crippen LogP contribution in [0.3, 0.4) is 0 Å². The Balaban J connectivity index is 1.38. The van der Waals surface area contributed by atoms with Gasteiger partial charge in [-0.05, 0) is 63.2 Å². The fourth-order valence-corrected chi connectivity index (χ4v) is 3.25. The van der Waals surface area contributed by atoms with Gasteiger partial charge in [0.2, 0.25) is 0 Å². The van der Waals surface area contributed by atoms with Gasteiger partial charge >= 0.3 is 5.97 Å². The quantitative estimate of drug-likeness (QED) is 0.454. The van der Waals surface area contributed by atoms with Crippen LogP contribution in [-0.4, -0.2) is 43.0 Å². The highest BCUT2D eigenvalue weighted by atomic mass is 19.1. The standard InChI is InChI=1S/C23H21FN6O3/c1-14-10-16(3)29(27-14)20-9-4-17(12-25-20)23(32)33-13-22(31)26-21-11-15(2)28-30(21)19-7-5-18(24)6-8-19/h4-12H,13H2,1-3H3,(H,26,31). The van der Waals surface area contributed by atoms with Gasteiger partial charge in [0.05, 0.1) is 22.6 Å².